The molecule has 1 aliphatic heterocycles. The lowest BCUT2D eigenvalue weighted by Crippen LogP contribution is -2.40. The quantitative estimate of drug-likeness (QED) is 0.235. The third kappa shape index (κ3) is 7.69. The van der Waals surface area contributed by atoms with E-state index in [1.54, 1.807) is 11.9 Å². The average Bonchev–Trinajstić information content (AvgIpc) is 3.38. The number of nitrogens with one attached hydrogen (secondary N) is 2. The molecule has 1 aromatic rings. The maximum Gasteiger partial charge on any atom is 0.191 e. The molecule has 7 nitrogen and oxygen atoms in total. The first-order valence-electron chi connectivity index (χ1n) is 10.5. The smallest absolute Gasteiger partial charge is 0.191 e. The second kappa shape index (κ2) is 13.1. The summed E-state index contributed by atoms with van der Waals surface area (Å²) in [4.78, 5) is 4.80. The monoisotopic (exact) mass is 502 g/mol. The largest absolute Gasteiger partial charge is 0.381 e. The molecule has 0 saturated carbocycles. The number of guanidine groups is 1. The zero-order valence-corrected chi connectivity index (χ0v) is 19.4. The van der Waals surface area contributed by atoms with Crippen molar-refractivity contribution in [2.75, 3.05) is 32.8 Å². The summed E-state index contributed by atoms with van der Waals surface area (Å²) in [6.45, 7) is 7.22. The maximum atomic E-state index is 5.47. The van der Waals surface area contributed by atoms with Crippen molar-refractivity contribution in [2.45, 2.75) is 58.4 Å². The van der Waals surface area contributed by atoms with E-state index in [0.717, 1.165) is 70.4 Å². The van der Waals surface area contributed by atoms with Crippen molar-refractivity contribution in [3.63, 3.8) is 0 Å². The summed E-state index contributed by atoms with van der Waals surface area (Å²) >= 11 is 0. The molecule has 0 radical (unpaired) electrons. The van der Waals surface area contributed by atoms with Crippen LogP contribution in [-0.4, -0.2) is 53.6 Å². The van der Waals surface area contributed by atoms with E-state index in [2.05, 4.69) is 38.4 Å². The lowest BCUT2D eigenvalue weighted by atomic mass is 9.97. The molecule has 1 fully saturated rings. The molecule has 1 atom stereocenters. The van der Waals surface area contributed by atoms with Gasteiger partial charge in [0.25, 0.3) is 0 Å². The van der Waals surface area contributed by atoms with Crippen LogP contribution in [0.15, 0.2) is 23.0 Å². The number of halogens is 1. The number of aromatic nitrogens is 3. The predicted molar refractivity (Wildman–Crippen MR) is 123 cm³/mol. The number of hydrogen-bond donors (Lipinski definition) is 2. The fourth-order valence-corrected chi connectivity index (χ4v) is 3.63. The van der Waals surface area contributed by atoms with E-state index >= 15 is 0 Å². The van der Waals surface area contributed by atoms with Crippen molar-refractivity contribution in [3.8, 4) is 0 Å². The van der Waals surface area contributed by atoms with E-state index in [1.165, 1.54) is 25.7 Å². The molecule has 8 heteroatoms. The van der Waals surface area contributed by atoms with Crippen LogP contribution in [0.3, 0.4) is 0 Å². The van der Waals surface area contributed by atoms with E-state index in [0.29, 0.717) is 5.92 Å². The van der Waals surface area contributed by atoms with Gasteiger partial charge in [-0.2, -0.15) is 0 Å². The van der Waals surface area contributed by atoms with E-state index in [1.807, 2.05) is 0 Å². The summed E-state index contributed by atoms with van der Waals surface area (Å²) in [5.74, 6) is 2.48. The van der Waals surface area contributed by atoms with Crippen LogP contribution < -0.4 is 10.6 Å². The highest BCUT2D eigenvalue weighted by Gasteiger charge is 2.15. The Morgan fingerprint density at radius 2 is 2.21 bits per heavy atom. The summed E-state index contributed by atoms with van der Waals surface area (Å²) in [6, 6.07) is 0. The molecule has 2 heterocycles. The standard InChI is InChI=1S/C20H34N6O.HI/c1-2-19-25-24-16-26(19)12-11-22-20(23-14-18-9-13-27-15-18)21-10-8-17-6-4-3-5-7-17;/h6,16,18H,2-5,7-15H2,1H3,(H2,21,22,23);1H. The fraction of sp³-hybridized carbons (Fsp3) is 0.750. The van der Waals surface area contributed by atoms with Gasteiger partial charge in [-0.3, -0.25) is 4.99 Å². The molecule has 0 amide bonds. The number of hydrogen-bond acceptors (Lipinski definition) is 4. The van der Waals surface area contributed by atoms with Gasteiger partial charge in [-0.15, -0.1) is 34.2 Å². The van der Waals surface area contributed by atoms with Gasteiger partial charge in [0.05, 0.1) is 6.61 Å². The third-order valence-corrected chi connectivity index (χ3v) is 5.31. The molecule has 0 bridgehead atoms. The van der Waals surface area contributed by atoms with Crippen LogP contribution >= 0.6 is 24.0 Å². The number of nitrogens with zero attached hydrogens (tertiary/aromatic N) is 4. The van der Waals surface area contributed by atoms with Crippen LogP contribution in [0.2, 0.25) is 0 Å². The number of aliphatic imine (C=N–C) groups is 1. The molecule has 1 aliphatic carbocycles. The minimum Gasteiger partial charge on any atom is -0.381 e. The second-order valence-electron chi connectivity index (χ2n) is 7.42. The number of aryl methyl sites for hydroxylation is 1. The van der Waals surface area contributed by atoms with E-state index < -0.39 is 0 Å². The lowest BCUT2D eigenvalue weighted by Gasteiger charge is -2.16. The summed E-state index contributed by atoms with van der Waals surface area (Å²) < 4.78 is 7.57. The summed E-state index contributed by atoms with van der Waals surface area (Å²) in [7, 11) is 0. The van der Waals surface area contributed by atoms with Crippen LogP contribution in [0.5, 0.6) is 0 Å². The van der Waals surface area contributed by atoms with Crippen molar-refractivity contribution in [2.24, 2.45) is 10.9 Å². The Morgan fingerprint density at radius 3 is 2.96 bits per heavy atom. The Morgan fingerprint density at radius 1 is 1.32 bits per heavy atom. The second-order valence-corrected chi connectivity index (χ2v) is 7.42. The van der Waals surface area contributed by atoms with Gasteiger partial charge in [0.1, 0.15) is 12.2 Å². The number of rotatable bonds is 9. The number of ether oxygens (including phenoxy) is 1. The fourth-order valence-electron chi connectivity index (χ4n) is 3.63. The van der Waals surface area contributed by atoms with Gasteiger partial charge in [-0.1, -0.05) is 18.6 Å². The van der Waals surface area contributed by atoms with Crippen LogP contribution in [-0.2, 0) is 17.7 Å². The first kappa shape index (κ1) is 23.1. The molecular weight excluding hydrogens is 467 g/mol. The van der Waals surface area contributed by atoms with E-state index in [-0.39, 0.29) is 24.0 Å². The SMILES string of the molecule is CCc1nncn1CCNC(=NCC1CCOC1)NCCC1=CCCCC1.I. The molecule has 2 N–H and O–H groups in total. The Balaban J connectivity index is 0.00000280. The molecule has 1 unspecified atom stereocenters. The molecule has 1 aromatic heterocycles. The van der Waals surface area contributed by atoms with Crippen molar-refractivity contribution >= 4 is 29.9 Å². The molecule has 2 aliphatic rings. The van der Waals surface area contributed by atoms with Gasteiger partial charge >= 0.3 is 0 Å². The van der Waals surface area contributed by atoms with Gasteiger partial charge < -0.3 is 19.9 Å². The van der Waals surface area contributed by atoms with E-state index in [4.69, 9.17) is 9.73 Å². The zero-order valence-electron chi connectivity index (χ0n) is 17.0. The highest BCUT2D eigenvalue weighted by atomic mass is 127. The van der Waals surface area contributed by atoms with Gasteiger partial charge in [0.2, 0.25) is 0 Å². The van der Waals surface area contributed by atoms with Crippen molar-refractivity contribution in [1.82, 2.24) is 25.4 Å². The molecule has 0 spiro atoms. The van der Waals surface area contributed by atoms with Crippen molar-refractivity contribution in [1.29, 1.82) is 0 Å². The normalized spacial score (nSPS) is 19.8. The van der Waals surface area contributed by atoms with Gasteiger partial charge in [0, 0.05) is 45.1 Å². The zero-order chi connectivity index (χ0) is 18.7. The average molecular weight is 502 g/mol. The topological polar surface area (TPSA) is 76.4 Å². The van der Waals surface area contributed by atoms with Crippen LogP contribution in [0.25, 0.3) is 0 Å². The first-order valence-corrected chi connectivity index (χ1v) is 10.5. The molecule has 3 rings (SSSR count). The lowest BCUT2D eigenvalue weighted by molar-refractivity contribution is 0.187. The summed E-state index contributed by atoms with van der Waals surface area (Å²) in [6.07, 6.45) is 12.5. The summed E-state index contributed by atoms with van der Waals surface area (Å²) in [5, 5.41) is 15.1. The highest BCUT2D eigenvalue weighted by molar-refractivity contribution is 14.0. The Bertz CT molecular complexity index is 624. The number of allylic oxidation sites excluding steroid dienone is 1. The van der Waals surface area contributed by atoms with Gasteiger partial charge in [-0.05, 0) is 38.5 Å². The van der Waals surface area contributed by atoms with Crippen molar-refractivity contribution < 1.29 is 4.74 Å². The Labute approximate surface area is 185 Å². The first-order chi connectivity index (χ1) is 13.3. The molecule has 28 heavy (non-hydrogen) atoms. The summed E-state index contributed by atoms with van der Waals surface area (Å²) in [5.41, 5.74) is 1.59. The highest BCUT2D eigenvalue weighted by Crippen LogP contribution is 2.19. The molecule has 158 valence electrons. The molecular formula is C20H35IN6O. The van der Waals surface area contributed by atoms with Gasteiger partial charge in [-0.25, -0.2) is 0 Å². The predicted octanol–water partition coefficient (Wildman–Crippen LogP) is 2.92. The molecule has 1 saturated heterocycles. The Kier molecular flexibility index (Phi) is 10.8. The minimum absolute atomic E-state index is 0. The van der Waals surface area contributed by atoms with Gasteiger partial charge in [0.15, 0.2) is 5.96 Å². The molecule has 0 aromatic carbocycles. The van der Waals surface area contributed by atoms with Crippen LogP contribution in [0, 0.1) is 5.92 Å². The maximum absolute atomic E-state index is 5.47. The third-order valence-electron chi connectivity index (χ3n) is 5.31. The van der Waals surface area contributed by atoms with Crippen LogP contribution in [0.1, 0.15) is 51.3 Å². The van der Waals surface area contributed by atoms with Crippen molar-refractivity contribution in [3.05, 3.63) is 23.8 Å². The van der Waals surface area contributed by atoms with Crippen LogP contribution in [0.4, 0.5) is 0 Å². The van der Waals surface area contributed by atoms with E-state index in [9.17, 15) is 0 Å². The minimum atomic E-state index is 0. The Hall–Kier alpha value is -1.16.